The highest BCUT2D eigenvalue weighted by molar-refractivity contribution is 5.42. The van der Waals surface area contributed by atoms with Gasteiger partial charge in [-0.25, -0.2) is 25.2 Å². The fourth-order valence-electron chi connectivity index (χ4n) is 4.51. The third-order valence-electron chi connectivity index (χ3n) is 6.36. The minimum Gasteiger partial charge on any atom is -0.496 e. The number of anilines is 1. The molecule has 8 nitrogen and oxygen atoms in total. The highest BCUT2D eigenvalue weighted by atomic mass is 19.1. The predicted molar refractivity (Wildman–Crippen MR) is 120 cm³/mol. The van der Waals surface area contributed by atoms with Gasteiger partial charge in [-0.05, 0) is 38.4 Å². The number of hydrogen-bond acceptors (Lipinski definition) is 8. The first-order chi connectivity index (χ1) is 15.5. The summed E-state index contributed by atoms with van der Waals surface area (Å²) < 4.78 is 20.6. The summed E-state index contributed by atoms with van der Waals surface area (Å²) in [5, 5.41) is 12.1. The molecule has 32 heavy (non-hydrogen) atoms. The molecule has 2 saturated heterocycles. The van der Waals surface area contributed by atoms with Gasteiger partial charge in [0, 0.05) is 30.5 Å². The van der Waals surface area contributed by atoms with Crippen molar-refractivity contribution in [2.75, 3.05) is 25.5 Å². The molecule has 0 bridgehead atoms. The second-order valence-corrected chi connectivity index (χ2v) is 8.67. The van der Waals surface area contributed by atoms with E-state index in [2.05, 4.69) is 44.9 Å². The number of methoxy groups -OCH3 is 1. The molecule has 9 heteroatoms. The van der Waals surface area contributed by atoms with Crippen LogP contribution in [0.3, 0.4) is 0 Å². The maximum atomic E-state index is 14.9. The number of hydrogen-bond donors (Lipinski definition) is 3. The number of nitrogens with zero attached hydrogens (tertiary/aromatic N) is 4. The molecule has 0 spiro atoms. The van der Waals surface area contributed by atoms with Crippen LogP contribution in [0.5, 0.6) is 5.75 Å². The van der Waals surface area contributed by atoms with Crippen molar-refractivity contribution >= 4 is 5.82 Å². The summed E-state index contributed by atoms with van der Waals surface area (Å²) in [7, 11) is 1.65. The molecule has 4 rings (SSSR count). The van der Waals surface area contributed by atoms with E-state index >= 15 is 0 Å². The van der Waals surface area contributed by atoms with Crippen LogP contribution in [0.25, 0.3) is 0 Å². The second-order valence-electron chi connectivity index (χ2n) is 8.67. The van der Waals surface area contributed by atoms with E-state index in [4.69, 9.17) is 10.00 Å². The zero-order valence-corrected chi connectivity index (χ0v) is 18.7. The largest absolute Gasteiger partial charge is 0.496 e. The molecule has 1 aromatic carbocycles. The Morgan fingerprint density at radius 3 is 2.78 bits per heavy atom. The smallest absolute Gasteiger partial charge is 0.158 e. The minimum absolute atomic E-state index is 0.0202. The molecule has 3 heterocycles. The van der Waals surface area contributed by atoms with Gasteiger partial charge in [0.15, 0.2) is 5.69 Å². The number of aromatic nitrogens is 2. The number of benzene rings is 1. The van der Waals surface area contributed by atoms with Crippen LogP contribution in [0.2, 0.25) is 0 Å². The number of halogens is 1. The van der Waals surface area contributed by atoms with Gasteiger partial charge in [0.1, 0.15) is 23.8 Å². The van der Waals surface area contributed by atoms with E-state index in [0.717, 1.165) is 36.3 Å². The Bertz CT molecular complexity index is 962. The lowest BCUT2D eigenvalue weighted by molar-refractivity contribution is 0.0939. The lowest BCUT2D eigenvalue weighted by Crippen LogP contribution is -2.44. The summed E-state index contributed by atoms with van der Waals surface area (Å²) in [6.45, 7) is 5.62. The molecule has 2 aliphatic rings. The molecule has 4 unspecified atom stereocenters. The van der Waals surface area contributed by atoms with Gasteiger partial charge in [0.05, 0.1) is 31.7 Å². The zero-order chi connectivity index (χ0) is 22.7. The summed E-state index contributed by atoms with van der Waals surface area (Å²) in [4.78, 5) is 10.4. The summed E-state index contributed by atoms with van der Waals surface area (Å²) in [6, 6.07) is 8.41. The number of ether oxygens (including phenoxy) is 1. The van der Waals surface area contributed by atoms with Crippen LogP contribution >= 0.6 is 0 Å². The quantitative estimate of drug-likeness (QED) is 0.632. The van der Waals surface area contributed by atoms with E-state index in [1.54, 1.807) is 13.3 Å². The number of piperidine rings is 1. The fourth-order valence-corrected chi connectivity index (χ4v) is 4.51. The van der Waals surface area contributed by atoms with Crippen molar-refractivity contribution in [3.05, 3.63) is 47.4 Å². The van der Waals surface area contributed by atoms with Gasteiger partial charge >= 0.3 is 0 Å². The van der Waals surface area contributed by atoms with Crippen LogP contribution in [-0.2, 0) is 0 Å². The molecule has 2 aliphatic heterocycles. The molecule has 0 aliphatic carbocycles. The average molecular weight is 440 g/mol. The lowest BCUT2D eigenvalue weighted by atomic mass is 9.86. The molecule has 2 fully saturated rings. The molecule has 1 aromatic heterocycles. The third kappa shape index (κ3) is 4.83. The van der Waals surface area contributed by atoms with Crippen molar-refractivity contribution in [2.45, 2.75) is 57.0 Å². The van der Waals surface area contributed by atoms with Gasteiger partial charge in [0.2, 0.25) is 0 Å². The Labute approximate surface area is 188 Å². The van der Waals surface area contributed by atoms with Crippen LogP contribution in [0.4, 0.5) is 10.2 Å². The van der Waals surface area contributed by atoms with Crippen molar-refractivity contribution in [1.82, 2.24) is 25.7 Å². The van der Waals surface area contributed by atoms with Crippen molar-refractivity contribution < 1.29 is 9.13 Å². The Balaban J connectivity index is 1.42. The predicted octanol–water partition coefficient (Wildman–Crippen LogP) is 2.87. The van der Waals surface area contributed by atoms with Gasteiger partial charge in [-0.3, -0.25) is 4.90 Å². The topological polar surface area (TPSA) is 98.1 Å². The van der Waals surface area contributed by atoms with E-state index in [-0.39, 0.29) is 23.8 Å². The SMILES string of the molecule is COc1cc(C2CCN(C(C)C)CC2F)ccc1C1CC(Nc2cnc(C#N)cn2)NN1. The van der Waals surface area contributed by atoms with Gasteiger partial charge in [-0.2, -0.15) is 5.26 Å². The van der Waals surface area contributed by atoms with Gasteiger partial charge in [0.25, 0.3) is 0 Å². The summed E-state index contributed by atoms with van der Waals surface area (Å²) >= 11 is 0. The molecule has 0 saturated carbocycles. The second kappa shape index (κ2) is 9.77. The number of rotatable bonds is 6. The fraction of sp³-hybridized carbons (Fsp3) is 0.522. The van der Waals surface area contributed by atoms with Gasteiger partial charge < -0.3 is 10.1 Å². The van der Waals surface area contributed by atoms with E-state index < -0.39 is 6.17 Å². The number of nitrogens with one attached hydrogen (secondary N) is 3. The molecular formula is C23H30FN7O. The van der Waals surface area contributed by atoms with Crippen LogP contribution in [0, 0.1) is 11.3 Å². The highest BCUT2D eigenvalue weighted by Gasteiger charge is 2.33. The number of alkyl halides is 1. The first-order valence-electron chi connectivity index (χ1n) is 11.0. The molecular weight excluding hydrogens is 409 g/mol. The molecule has 0 radical (unpaired) electrons. The van der Waals surface area contributed by atoms with Crippen molar-refractivity contribution in [3.63, 3.8) is 0 Å². The summed E-state index contributed by atoms with van der Waals surface area (Å²) in [6.07, 6.45) is 3.59. The van der Waals surface area contributed by atoms with Crippen molar-refractivity contribution in [2.24, 2.45) is 0 Å². The molecule has 2 aromatic rings. The first kappa shape index (κ1) is 22.4. The normalized spacial score (nSPS) is 26.1. The Morgan fingerprint density at radius 2 is 2.12 bits per heavy atom. The molecule has 170 valence electrons. The standard InChI is InChI=1S/C23H30FN7O/c1-14(2)31-7-6-17(19(24)13-31)15-4-5-18(21(8-15)32-3)20-9-22(30-29-20)28-23-12-26-16(10-25)11-27-23/h4-5,8,11-12,14,17,19-20,22,29-30H,6-7,9,13H2,1-3H3,(H,27,28). The average Bonchev–Trinajstić information content (AvgIpc) is 3.27. The Kier molecular flexibility index (Phi) is 6.84. The third-order valence-corrected chi connectivity index (χ3v) is 6.36. The first-order valence-corrected chi connectivity index (χ1v) is 11.0. The van der Waals surface area contributed by atoms with Crippen LogP contribution < -0.4 is 20.9 Å². The maximum absolute atomic E-state index is 14.9. The highest BCUT2D eigenvalue weighted by Crippen LogP contribution is 2.37. The monoisotopic (exact) mass is 439 g/mol. The van der Waals surface area contributed by atoms with Crippen molar-refractivity contribution in [1.29, 1.82) is 5.26 Å². The van der Waals surface area contributed by atoms with E-state index in [1.165, 1.54) is 6.20 Å². The summed E-state index contributed by atoms with van der Waals surface area (Å²) in [5.74, 6) is 1.25. The summed E-state index contributed by atoms with van der Waals surface area (Å²) in [5.41, 5.74) is 8.81. The van der Waals surface area contributed by atoms with Crippen molar-refractivity contribution in [3.8, 4) is 11.8 Å². The maximum Gasteiger partial charge on any atom is 0.158 e. The molecule has 0 amide bonds. The molecule has 3 N–H and O–H groups in total. The van der Waals surface area contributed by atoms with Crippen LogP contribution in [-0.4, -0.2) is 53.4 Å². The number of hydrazine groups is 1. The van der Waals surface area contributed by atoms with Crippen LogP contribution in [0.1, 0.15) is 55.5 Å². The van der Waals surface area contributed by atoms with Crippen LogP contribution in [0.15, 0.2) is 30.6 Å². The number of nitriles is 1. The number of likely N-dealkylation sites (tertiary alicyclic amines) is 1. The van der Waals surface area contributed by atoms with Gasteiger partial charge in [-0.1, -0.05) is 12.1 Å². The van der Waals surface area contributed by atoms with E-state index in [0.29, 0.717) is 18.4 Å². The lowest BCUT2D eigenvalue weighted by Gasteiger charge is -2.37. The van der Waals surface area contributed by atoms with E-state index in [9.17, 15) is 4.39 Å². The minimum atomic E-state index is -0.880. The Hall–Kier alpha value is -2.80. The molecule has 4 atom stereocenters. The van der Waals surface area contributed by atoms with Gasteiger partial charge in [-0.15, -0.1) is 0 Å². The zero-order valence-electron chi connectivity index (χ0n) is 18.7. The van der Waals surface area contributed by atoms with E-state index in [1.807, 2.05) is 24.3 Å². The Morgan fingerprint density at radius 1 is 1.28 bits per heavy atom.